The molecule has 0 aliphatic carbocycles. The summed E-state index contributed by atoms with van der Waals surface area (Å²) in [5.41, 5.74) is 1.50. The summed E-state index contributed by atoms with van der Waals surface area (Å²) in [6.45, 7) is 0. The number of halogens is 1. The molecule has 1 N–H and O–H groups in total. The highest BCUT2D eigenvalue weighted by Crippen LogP contribution is 2.31. The molecule has 1 amide bonds. The zero-order valence-electron chi connectivity index (χ0n) is 15.5. The quantitative estimate of drug-likeness (QED) is 0.642. The summed E-state index contributed by atoms with van der Waals surface area (Å²) in [5, 5.41) is 2.74. The van der Waals surface area contributed by atoms with Crippen LogP contribution in [0.3, 0.4) is 0 Å². The van der Waals surface area contributed by atoms with Gasteiger partial charge in [-0.1, -0.05) is 40.2 Å². The van der Waals surface area contributed by atoms with Crippen LogP contribution in [-0.2, 0) is 20.7 Å². The van der Waals surface area contributed by atoms with E-state index in [2.05, 4.69) is 21.2 Å². The van der Waals surface area contributed by atoms with E-state index in [0.717, 1.165) is 10.0 Å². The zero-order valence-corrected chi connectivity index (χ0v) is 17.0. The van der Waals surface area contributed by atoms with Crippen molar-refractivity contribution in [1.29, 1.82) is 0 Å². The van der Waals surface area contributed by atoms with E-state index in [9.17, 15) is 9.59 Å². The predicted molar refractivity (Wildman–Crippen MR) is 105 cm³/mol. The van der Waals surface area contributed by atoms with E-state index in [1.807, 2.05) is 12.1 Å². The molecule has 7 heteroatoms. The molecule has 27 heavy (non-hydrogen) atoms. The van der Waals surface area contributed by atoms with E-state index >= 15 is 0 Å². The number of benzene rings is 2. The highest BCUT2D eigenvalue weighted by molar-refractivity contribution is 9.10. The molecular formula is C20H22BrNO5. The van der Waals surface area contributed by atoms with Gasteiger partial charge in [0.25, 0.3) is 0 Å². The highest BCUT2D eigenvalue weighted by atomic mass is 79.9. The van der Waals surface area contributed by atoms with E-state index in [-0.39, 0.29) is 12.3 Å². The van der Waals surface area contributed by atoms with Crippen molar-refractivity contribution >= 4 is 27.8 Å². The van der Waals surface area contributed by atoms with Crippen LogP contribution in [0.5, 0.6) is 11.5 Å². The summed E-state index contributed by atoms with van der Waals surface area (Å²) in [7, 11) is 4.41. The first-order valence-corrected chi connectivity index (χ1v) is 9.12. The van der Waals surface area contributed by atoms with E-state index in [0.29, 0.717) is 23.5 Å². The Morgan fingerprint density at radius 2 is 1.74 bits per heavy atom. The summed E-state index contributed by atoms with van der Waals surface area (Å²) in [5.74, 6) is 0.422. The normalized spacial score (nSPS) is 11.4. The Balaban J connectivity index is 2.08. The van der Waals surface area contributed by atoms with Crippen LogP contribution in [0.2, 0.25) is 0 Å². The van der Waals surface area contributed by atoms with Crippen LogP contribution in [0.1, 0.15) is 23.6 Å². The summed E-state index contributed by atoms with van der Waals surface area (Å²) in [4.78, 5) is 24.5. The molecule has 0 radical (unpaired) electrons. The van der Waals surface area contributed by atoms with Crippen LogP contribution in [0.25, 0.3) is 0 Å². The van der Waals surface area contributed by atoms with Crippen LogP contribution >= 0.6 is 15.9 Å². The maximum Gasteiger partial charge on any atom is 0.333 e. The summed E-state index contributed by atoms with van der Waals surface area (Å²) < 4.78 is 16.4. The average molecular weight is 436 g/mol. The molecule has 2 rings (SSSR count). The molecule has 2 aromatic rings. The van der Waals surface area contributed by atoms with Crippen molar-refractivity contribution in [2.45, 2.75) is 18.9 Å². The molecule has 0 bridgehead atoms. The Kier molecular flexibility index (Phi) is 7.67. The number of hydrogen-bond donors (Lipinski definition) is 1. The monoisotopic (exact) mass is 435 g/mol. The first-order chi connectivity index (χ1) is 13.0. The lowest BCUT2D eigenvalue weighted by Gasteiger charge is -2.17. The van der Waals surface area contributed by atoms with Gasteiger partial charge >= 0.3 is 5.97 Å². The molecule has 0 saturated carbocycles. The second kappa shape index (κ2) is 9.97. The predicted octanol–water partition coefficient (Wildman–Crippen LogP) is 3.43. The van der Waals surface area contributed by atoms with Crippen molar-refractivity contribution in [3.8, 4) is 11.5 Å². The number of hydrogen-bond acceptors (Lipinski definition) is 5. The fraction of sp³-hybridized carbons (Fsp3) is 0.300. The Morgan fingerprint density at radius 1 is 1.04 bits per heavy atom. The molecular weight excluding hydrogens is 414 g/mol. The van der Waals surface area contributed by atoms with Gasteiger partial charge < -0.3 is 19.5 Å². The first kappa shape index (κ1) is 20.8. The molecule has 0 saturated heterocycles. The molecule has 0 aromatic heterocycles. The second-order valence-corrected chi connectivity index (χ2v) is 6.64. The number of nitrogens with one attached hydrogen (secondary N) is 1. The van der Waals surface area contributed by atoms with Gasteiger partial charge in [-0.2, -0.15) is 0 Å². The fourth-order valence-corrected chi connectivity index (χ4v) is 2.95. The lowest BCUT2D eigenvalue weighted by atomic mass is 10.1. The molecule has 1 unspecified atom stereocenters. The third-order valence-corrected chi connectivity index (χ3v) is 4.58. The molecule has 0 aliphatic heterocycles. The molecule has 0 fully saturated rings. The third-order valence-electron chi connectivity index (χ3n) is 4.05. The lowest BCUT2D eigenvalue weighted by Crippen LogP contribution is -2.34. The van der Waals surface area contributed by atoms with Crippen LogP contribution in [-0.4, -0.2) is 33.2 Å². The number of methoxy groups -OCH3 is 3. The topological polar surface area (TPSA) is 73.9 Å². The molecule has 144 valence electrons. The second-order valence-electron chi connectivity index (χ2n) is 5.73. The van der Waals surface area contributed by atoms with Crippen molar-refractivity contribution in [1.82, 2.24) is 5.32 Å². The lowest BCUT2D eigenvalue weighted by molar-refractivity contribution is -0.145. The van der Waals surface area contributed by atoms with Gasteiger partial charge in [-0.3, -0.25) is 4.79 Å². The highest BCUT2D eigenvalue weighted by Gasteiger charge is 2.23. The Bertz CT molecular complexity index is 791. The van der Waals surface area contributed by atoms with Gasteiger partial charge in [0.1, 0.15) is 0 Å². The minimum Gasteiger partial charge on any atom is -0.493 e. The van der Waals surface area contributed by atoms with Crippen LogP contribution in [0.15, 0.2) is 46.9 Å². The van der Waals surface area contributed by atoms with Gasteiger partial charge in [-0.25, -0.2) is 4.79 Å². The zero-order chi connectivity index (χ0) is 19.8. The number of ether oxygens (including phenoxy) is 3. The van der Waals surface area contributed by atoms with Gasteiger partial charge in [0, 0.05) is 10.9 Å². The SMILES string of the molecule is COC(=O)C(NC(=O)CCc1cccc(OC)c1OC)c1ccc(Br)cc1. The van der Waals surface area contributed by atoms with Gasteiger partial charge in [-0.15, -0.1) is 0 Å². The van der Waals surface area contributed by atoms with Crippen LogP contribution in [0, 0.1) is 0 Å². The van der Waals surface area contributed by atoms with Crippen molar-refractivity contribution in [2.24, 2.45) is 0 Å². The fourth-order valence-electron chi connectivity index (χ4n) is 2.68. The summed E-state index contributed by atoms with van der Waals surface area (Å²) in [6.07, 6.45) is 0.633. The average Bonchev–Trinajstić information content (AvgIpc) is 2.70. The first-order valence-electron chi connectivity index (χ1n) is 8.32. The van der Waals surface area contributed by atoms with Crippen molar-refractivity contribution in [3.63, 3.8) is 0 Å². The minimum absolute atomic E-state index is 0.188. The summed E-state index contributed by atoms with van der Waals surface area (Å²) >= 11 is 3.35. The van der Waals surface area contributed by atoms with Gasteiger partial charge in [0.05, 0.1) is 21.3 Å². The number of carbonyl (C=O) groups excluding carboxylic acids is 2. The van der Waals surface area contributed by atoms with Crippen molar-refractivity contribution in [3.05, 3.63) is 58.1 Å². The van der Waals surface area contributed by atoms with E-state index in [1.165, 1.54) is 7.11 Å². The van der Waals surface area contributed by atoms with Gasteiger partial charge in [-0.05, 0) is 35.7 Å². The molecule has 0 spiro atoms. The number of rotatable bonds is 8. The number of esters is 1. The Hall–Kier alpha value is -2.54. The van der Waals surface area contributed by atoms with E-state index in [1.54, 1.807) is 44.6 Å². The maximum atomic E-state index is 12.4. The van der Waals surface area contributed by atoms with Crippen LogP contribution in [0.4, 0.5) is 0 Å². The number of aryl methyl sites for hydroxylation is 1. The molecule has 0 heterocycles. The standard InChI is InChI=1S/C20H22BrNO5/c1-25-16-6-4-5-14(19(16)26-2)9-12-17(23)22-18(20(24)27-3)13-7-10-15(21)11-8-13/h4-8,10-11,18H,9,12H2,1-3H3,(H,22,23). The summed E-state index contributed by atoms with van der Waals surface area (Å²) in [6, 6.07) is 11.8. The maximum absolute atomic E-state index is 12.4. The Labute approximate surface area is 166 Å². The molecule has 2 aromatic carbocycles. The van der Waals surface area contributed by atoms with E-state index < -0.39 is 12.0 Å². The molecule has 0 aliphatic rings. The number of carbonyl (C=O) groups is 2. The molecule has 6 nitrogen and oxygen atoms in total. The van der Waals surface area contributed by atoms with Crippen LogP contribution < -0.4 is 14.8 Å². The third kappa shape index (κ3) is 5.47. The molecule has 1 atom stereocenters. The van der Waals surface area contributed by atoms with Gasteiger partial charge in [0.15, 0.2) is 17.5 Å². The van der Waals surface area contributed by atoms with Crippen molar-refractivity contribution < 1.29 is 23.8 Å². The smallest absolute Gasteiger partial charge is 0.333 e. The largest absolute Gasteiger partial charge is 0.493 e. The Morgan fingerprint density at radius 3 is 2.33 bits per heavy atom. The number of amides is 1. The minimum atomic E-state index is -0.859. The van der Waals surface area contributed by atoms with Crippen molar-refractivity contribution in [2.75, 3.05) is 21.3 Å². The van der Waals surface area contributed by atoms with Gasteiger partial charge in [0.2, 0.25) is 5.91 Å². The number of para-hydroxylation sites is 1. The van der Waals surface area contributed by atoms with E-state index in [4.69, 9.17) is 14.2 Å².